The number of carbonyl (C=O) groups is 1. The molecule has 5 heteroatoms. The van der Waals surface area contributed by atoms with Gasteiger partial charge in [0.25, 0.3) is 0 Å². The number of anilines is 1. The summed E-state index contributed by atoms with van der Waals surface area (Å²) in [6.07, 6.45) is 0.560. The number of rotatable bonds is 2. The normalized spacial score (nSPS) is 18.2. The highest BCUT2D eigenvalue weighted by molar-refractivity contribution is 5.89. The SMILES string of the molecule is Cc1cccc(NC(=O)NC2CC(C)(C)Oc3ccc(F)cc32)c1. The fraction of sp³-hybridized carbons (Fsp3) is 0.316. The molecule has 2 amide bonds. The van der Waals surface area contributed by atoms with Gasteiger partial charge < -0.3 is 15.4 Å². The summed E-state index contributed by atoms with van der Waals surface area (Å²) >= 11 is 0. The average Bonchev–Trinajstić information content (AvgIpc) is 2.47. The van der Waals surface area contributed by atoms with Crippen molar-refractivity contribution < 1.29 is 13.9 Å². The van der Waals surface area contributed by atoms with Gasteiger partial charge in [0.15, 0.2) is 0 Å². The second-order valence-corrected chi connectivity index (χ2v) is 6.77. The molecular weight excluding hydrogens is 307 g/mol. The van der Waals surface area contributed by atoms with Gasteiger partial charge in [-0.15, -0.1) is 0 Å². The van der Waals surface area contributed by atoms with Crippen LogP contribution in [-0.2, 0) is 0 Å². The number of hydrogen-bond acceptors (Lipinski definition) is 2. The van der Waals surface area contributed by atoms with E-state index in [-0.39, 0.29) is 17.9 Å². The van der Waals surface area contributed by atoms with Crippen LogP contribution in [0.5, 0.6) is 5.75 Å². The van der Waals surface area contributed by atoms with E-state index in [1.54, 1.807) is 6.07 Å². The highest BCUT2D eigenvalue weighted by atomic mass is 19.1. The van der Waals surface area contributed by atoms with Crippen LogP contribution in [0.2, 0.25) is 0 Å². The second kappa shape index (κ2) is 6.15. The molecule has 0 spiro atoms. The largest absolute Gasteiger partial charge is 0.487 e. The molecule has 2 N–H and O–H groups in total. The van der Waals surface area contributed by atoms with E-state index in [4.69, 9.17) is 4.74 Å². The smallest absolute Gasteiger partial charge is 0.319 e. The van der Waals surface area contributed by atoms with E-state index in [0.717, 1.165) is 11.3 Å². The molecule has 0 radical (unpaired) electrons. The van der Waals surface area contributed by atoms with Crippen LogP contribution in [0.1, 0.15) is 37.4 Å². The van der Waals surface area contributed by atoms with E-state index in [1.165, 1.54) is 12.1 Å². The van der Waals surface area contributed by atoms with Gasteiger partial charge in [0.05, 0.1) is 6.04 Å². The van der Waals surface area contributed by atoms with Crippen molar-refractivity contribution in [3.8, 4) is 5.75 Å². The Morgan fingerprint density at radius 3 is 2.79 bits per heavy atom. The molecule has 0 aromatic heterocycles. The maximum atomic E-state index is 13.6. The third-order valence-electron chi connectivity index (χ3n) is 4.01. The number of ether oxygens (including phenoxy) is 1. The lowest BCUT2D eigenvalue weighted by Gasteiger charge is -2.37. The van der Waals surface area contributed by atoms with E-state index in [1.807, 2.05) is 45.0 Å². The van der Waals surface area contributed by atoms with Gasteiger partial charge in [-0.2, -0.15) is 0 Å². The molecule has 0 saturated carbocycles. The number of aryl methyl sites for hydroxylation is 1. The summed E-state index contributed by atoms with van der Waals surface area (Å²) in [6.45, 7) is 5.86. The molecule has 24 heavy (non-hydrogen) atoms. The summed E-state index contributed by atoms with van der Waals surface area (Å²) < 4.78 is 19.5. The van der Waals surface area contributed by atoms with Crippen LogP contribution in [0.25, 0.3) is 0 Å². The molecule has 3 rings (SSSR count). The number of urea groups is 1. The number of carbonyl (C=O) groups excluding carboxylic acids is 1. The third-order valence-corrected chi connectivity index (χ3v) is 4.01. The van der Waals surface area contributed by atoms with Gasteiger partial charge in [0, 0.05) is 17.7 Å². The Bertz CT molecular complexity index is 774. The van der Waals surface area contributed by atoms with E-state index >= 15 is 0 Å². The van der Waals surface area contributed by atoms with Gasteiger partial charge in [-0.25, -0.2) is 9.18 Å². The predicted octanol–water partition coefficient (Wildman–Crippen LogP) is 4.56. The Kier molecular flexibility index (Phi) is 4.18. The molecule has 0 saturated heterocycles. The van der Waals surface area contributed by atoms with Crippen LogP contribution in [0.3, 0.4) is 0 Å². The van der Waals surface area contributed by atoms with E-state index in [2.05, 4.69) is 10.6 Å². The second-order valence-electron chi connectivity index (χ2n) is 6.77. The molecule has 1 aliphatic rings. The summed E-state index contributed by atoms with van der Waals surface area (Å²) in [4.78, 5) is 12.3. The van der Waals surface area contributed by atoms with E-state index in [9.17, 15) is 9.18 Å². The number of fused-ring (bicyclic) bond motifs is 1. The Labute approximate surface area is 141 Å². The Morgan fingerprint density at radius 1 is 1.25 bits per heavy atom. The first-order chi connectivity index (χ1) is 11.3. The van der Waals surface area contributed by atoms with Crippen LogP contribution in [0.4, 0.5) is 14.9 Å². The quantitative estimate of drug-likeness (QED) is 0.849. The maximum absolute atomic E-state index is 13.6. The van der Waals surface area contributed by atoms with Crippen molar-refractivity contribution in [2.45, 2.75) is 38.8 Å². The predicted molar refractivity (Wildman–Crippen MR) is 91.8 cm³/mol. The van der Waals surface area contributed by atoms with Gasteiger partial charge in [-0.1, -0.05) is 12.1 Å². The molecule has 126 valence electrons. The number of halogens is 1. The topological polar surface area (TPSA) is 50.4 Å². The summed E-state index contributed by atoms with van der Waals surface area (Å²) in [5.74, 6) is 0.261. The van der Waals surface area contributed by atoms with Gasteiger partial charge >= 0.3 is 6.03 Å². The van der Waals surface area contributed by atoms with E-state index < -0.39 is 5.60 Å². The number of benzene rings is 2. The zero-order valence-electron chi connectivity index (χ0n) is 14.0. The number of hydrogen-bond donors (Lipinski definition) is 2. The molecule has 1 atom stereocenters. The average molecular weight is 328 g/mol. The van der Waals surface area contributed by atoms with Gasteiger partial charge in [0.1, 0.15) is 17.2 Å². The van der Waals surface area contributed by atoms with Gasteiger partial charge in [-0.05, 0) is 56.7 Å². The third kappa shape index (κ3) is 3.67. The van der Waals surface area contributed by atoms with Crippen molar-refractivity contribution in [1.82, 2.24) is 5.32 Å². The minimum atomic E-state index is -0.438. The molecule has 2 aromatic carbocycles. The molecule has 4 nitrogen and oxygen atoms in total. The Hall–Kier alpha value is -2.56. The zero-order chi connectivity index (χ0) is 17.3. The highest BCUT2D eigenvalue weighted by Gasteiger charge is 2.34. The first-order valence-corrected chi connectivity index (χ1v) is 7.95. The van der Waals surface area contributed by atoms with Crippen LogP contribution >= 0.6 is 0 Å². The van der Waals surface area contributed by atoms with Crippen LogP contribution in [0.15, 0.2) is 42.5 Å². The maximum Gasteiger partial charge on any atom is 0.319 e. The summed E-state index contributed by atoms with van der Waals surface area (Å²) in [7, 11) is 0. The van der Waals surface area contributed by atoms with Crippen molar-refractivity contribution in [3.05, 3.63) is 59.4 Å². The summed E-state index contributed by atoms with van der Waals surface area (Å²) in [5.41, 5.74) is 2.01. The van der Waals surface area contributed by atoms with Crippen molar-refractivity contribution in [3.63, 3.8) is 0 Å². The molecule has 1 heterocycles. The minimum Gasteiger partial charge on any atom is -0.487 e. The van der Waals surface area contributed by atoms with Crippen molar-refractivity contribution in [1.29, 1.82) is 0 Å². The summed E-state index contributed by atoms with van der Waals surface area (Å²) in [5, 5.41) is 5.75. The molecule has 0 aliphatic carbocycles. The molecule has 1 unspecified atom stereocenters. The highest BCUT2D eigenvalue weighted by Crippen LogP contribution is 2.39. The first kappa shape index (κ1) is 16.3. The number of nitrogens with one attached hydrogen (secondary N) is 2. The molecule has 0 fully saturated rings. The summed E-state index contributed by atoms with van der Waals surface area (Å²) in [6, 6.07) is 11.3. The van der Waals surface area contributed by atoms with Crippen molar-refractivity contribution in [2.24, 2.45) is 0 Å². The molecule has 0 bridgehead atoms. The van der Waals surface area contributed by atoms with Gasteiger partial charge in [-0.3, -0.25) is 0 Å². The number of amides is 2. The lowest BCUT2D eigenvalue weighted by molar-refractivity contribution is 0.0680. The van der Waals surface area contributed by atoms with Gasteiger partial charge in [0.2, 0.25) is 0 Å². The Balaban J connectivity index is 1.79. The fourth-order valence-electron chi connectivity index (χ4n) is 3.00. The Morgan fingerprint density at radius 2 is 2.04 bits per heavy atom. The lowest BCUT2D eigenvalue weighted by Crippen LogP contribution is -2.42. The first-order valence-electron chi connectivity index (χ1n) is 7.95. The minimum absolute atomic E-state index is 0.316. The molecular formula is C19H21FN2O2. The van der Waals surface area contributed by atoms with Crippen molar-refractivity contribution in [2.75, 3.05) is 5.32 Å². The van der Waals surface area contributed by atoms with Crippen LogP contribution < -0.4 is 15.4 Å². The standard InChI is InChI=1S/C19H21FN2O2/c1-12-5-4-6-14(9-12)21-18(23)22-16-11-19(2,3)24-17-8-7-13(20)10-15(16)17/h4-10,16H,11H2,1-3H3,(H2,21,22,23). The fourth-order valence-corrected chi connectivity index (χ4v) is 3.00. The van der Waals surface area contributed by atoms with Crippen molar-refractivity contribution >= 4 is 11.7 Å². The molecule has 1 aliphatic heterocycles. The monoisotopic (exact) mass is 328 g/mol. The van der Waals surface area contributed by atoms with Crippen LogP contribution in [0, 0.1) is 12.7 Å². The lowest BCUT2D eigenvalue weighted by atomic mass is 9.89. The zero-order valence-corrected chi connectivity index (χ0v) is 14.0. The van der Waals surface area contributed by atoms with E-state index in [0.29, 0.717) is 17.7 Å². The van der Waals surface area contributed by atoms with Crippen LogP contribution in [-0.4, -0.2) is 11.6 Å². The molecule has 2 aromatic rings.